The van der Waals surface area contributed by atoms with Crippen molar-refractivity contribution in [3.05, 3.63) is 0 Å². The Balaban J connectivity index is 2.42. The quantitative estimate of drug-likeness (QED) is 0.0661. The maximum atomic E-state index is 6.88. The predicted molar refractivity (Wildman–Crippen MR) is 228 cm³/mol. The van der Waals surface area contributed by atoms with Gasteiger partial charge in [-0.2, -0.15) is 0 Å². The lowest BCUT2D eigenvalue weighted by atomic mass is 9.88. The molecule has 0 amide bonds. The fourth-order valence-electron chi connectivity index (χ4n) is 8.59. The van der Waals surface area contributed by atoms with Crippen LogP contribution in [0.25, 0.3) is 0 Å². The maximum absolute atomic E-state index is 6.88. The Labute approximate surface area is 323 Å². The molecule has 1 heterocycles. The zero-order valence-corrected chi connectivity index (χ0v) is 37.3. The minimum atomic E-state index is -0.344. The lowest BCUT2D eigenvalue weighted by molar-refractivity contribution is -0.182. The van der Waals surface area contributed by atoms with Crippen molar-refractivity contribution in [3.8, 4) is 0 Å². The summed E-state index contributed by atoms with van der Waals surface area (Å²) in [5, 5.41) is 0. The van der Waals surface area contributed by atoms with Crippen LogP contribution in [0.5, 0.6) is 0 Å². The molecule has 306 valence electrons. The summed E-state index contributed by atoms with van der Waals surface area (Å²) in [6, 6.07) is 0. The van der Waals surface area contributed by atoms with Gasteiger partial charge in [0.05, 0.1) is 12.7 Å². The van der Waals surface area contributed by atoms with Crippen LogP contribution in [0, 0.1) is 47.3 Å². The standard InChI is InChI=1S/C48H97NO2/c1-39(2)20-13-22-41(5)24-15-26-43(7)28-17-30-45(9)33-35-48(50-38-47(51-48)32-19-37-49(11)12)36-34-46(10)31-18-29-44(8)27-16-25-42(6)23-14-21-40(3)4/h39-47H,13-38H2,1-12H3. The molecule has 0 aromatic rings. The molecule has 0 saturated carbocycles. The van der Waals surface area contributed by atoms with E-state index in [4.69, 9.17) is 9.47 Å². The van der Waals surface area contributed by atoms with Gasteiger partial charge in [0, 0.05) is 12.8 Å². The molecule has 0 aromatic heterocycles. The van der Waals surface area contributed by atoms with E-state index in [0.717, 1.165) is 79.8 Å². The van der Waals surface area contributed by atoms with Crippen molar-refractivity contribution >= 4 is 0 Å². The highest BCUT2D eigenvalue weighted by atomic mass is 16.7. The summed E-state index contributed by atoms with van der Waals surface area (Å²) in [7, 11) is 4.35. The van der Waals surface area contributed by atoms with Crippen molar-refractivity contribution in [2.24, 2.45) is 47.3 Å². The molecule has 1 aliphatic heterocycles. The maximum Gasteiger partial charge on any atom is 0.168 e. The van der Waals surface area contributed by atoms with Crippen molar-refractivity contribution in [2.75, 3.05) is 27.2 Å². The van der Waals surface area contributed by atoms with Gasteiger partial charge in [-0.15, -0.1) is 0 Å². The van der Waals surface area contributed by atoms with Gasteiger partial charge in [0.15, 0.2) is 5.79 Å². The Hall–Kier alpha value is -0.120. The topological polar surface area (TPSA) is 21.7 Å². The van der Waals surface area contributed by atoms with Crippen LogP contribution in [-0.2, 0) is 9.47 Å². The van der Waals surface area contributed by atoms with E-state index in [2.05, 4.69) is 88.2 Å². The third-order valence-corrected chi connectivity index (χ3v) is 12.6. The summed E-state index contributed by atoms with van der Waals surface area (Å²) in [6.07, 6.45) is 32.4. The van der Waals surface area contributed by atoms with Crippen molar-refractivity contribution in [1.82, 2.24) is 4.90 Å². The molecule has 0 bridgehead atoms. The van der Waals surface area contributed by atoms with Crippen LogP contribution in [0.3, 0.4) is 0 Å². The fourth-order valence-corrected chi connectivity index (χ4v) is 8.59. The summed E-state index contributed by atoms with van der Waals surface area (Å²) in [6.45, 7) is 26.3. The van der Waals surface area contributed by atoms with Gasteiger partial charge in [-0.25, -0.2) is 0 Å². The molecule has 1 saturated heterocycles. The molecule has 0 radical (unpaired) electrons. The Morgan fingerprint density at radius 1 is 0.451 bits per heavy atom. The molecular weight excluding hydrogens is 623 g/mol. The largest absolute Gasteiger partial charge is 0.347 e. The molecule has 3 heteroatoms. The van der Waals surface area contributed by atoms with Gasteiger partial charge in [-0.05, 0) is 93.7 Å². The number of hydrogen-bond donors (Lipinski definition) is 0. The first-order valence-corrected chi connectivity index (χ1v) is 23.2. The average Bonchev–Trinajstić information content (AvgIpc) is 3.45. The molecule has 1 fully saturated rings. The van der Waals surface area contributed by atoms with Crippen molar-refractivity contribution < 1.29 is 9.47 Å². The molecule has 0 spiro atoms. The third kappa shape index (κ3) is 27.2. The van der Waals surface area contributed by atoms with Crippen LogP contribution in [0.1, 0.15) is 223 Å². The SMILES string of the molecule is CC(C)CCCC(C)CCCC(C)CCCC(C)CCC1(CCC(C)CCCC(C)CCCC(C)CCCC(C)C)OCC(CCCN(C)C)O1. The summed E-state index contributed by atoms with van der Waals surface area (Å²) in [5.74, 6) is 6.41. The fraction of sp³-hybridized carbons (Fsp3) is 1.00. The molecule has 0 N–H and O–H groups in total. The Morgan fingerprint density at radius 3 is 1.08 bits per heavy atom. The lowest BCUT2D eigenvalue weighted by Crippen LogP contribution is -2.32. The number of ether oxygens (including phenoxy) is 2. The zero-order chi connectivity index (χ0) is 38.1. The summed E-state index contributed by atoms with van der Waals surface area (Å²) < 4.78 is 13.5. The van der Waals surface area contributed by atoms with Gasteiger partial charge >= 0.3 is 0 Å². The Kier molecular flexibility index (Phi) is 28.0. The van der Waals surface area contributed by atoms with Gasteiger partial charge in [0.1, 0.15) is 0 Å². The normalized spacial score (nSPS) is 21.8. The molecule has 0 aromatic carbocycles. The van der Waals surface area contributed by atoms with Crippen LogP contribution >= 0.6 is 0 Å². The van der Waals surface area contributed by atoms with Gasteiger partial charge in [-0.1, -0.05) is 185 Å². The Morgan fingerprint density at radius 2 is 0.765 bits per heavy atom. The lowest BCUT2D eigenvalue weighted by Gasteiger charge is -2.31. The molecule has 7 unspecified atom stereocenters. The highest BCUT2D eigenvalue weighted by Crippen LogP contribution is 2.38. The average molecular weight is 720 g/mol. The van der Waals surface area contributed by atoms with Gasteiger partial charge < -0.3 is 14.4 Å². The number of nitrogens with zero attached hydrogens (tertiary/aromatic N) is 1. The second kappa shape index (κ2) is 29.2. The van der Waals surface area contributed by atoms with Crippen LogP contribution < -0.4 is 0 Å². The molecule has 3 nitrogen and oxygen atoms in total. The monoisotopic (exact) mass is 720 g/mol. The smallest absolute Gasteiger partial charge is 0.168 e. The van der Waals surface area contributed by atoms with E-state index in [0.29, 0.717) is 0 Å². The van der Waals surface area contributed by atoms with E-state index in [1.165, 1.54) is 135 Å². The highest BCUT2D eigenvalue weighted by Gasteiger charge is 2.41. The van der Waals surface area contributed by atoms with Crippen molar-refractivity contribution in [2.45, 2.75) is 235 Å². The zero-order valence-electron chi connectivity index (χ0n) is 37.3. The predicted octanol–water partition coefficient (Wildman–Crippen LogP) is 15.2. The second-order valence-electron chi connectivity index (χ2n) is 20.0. The molecule has 51 heavy (non-hydrogen) atoms. The molecule has 1 rings (SSSR count). The van der Waals surface area contributed by atoms with E-state index < -0.39 is 0 Å². The second-order valence-corrected chi connectivity index (χ2v) is 20.0. The Bertz CT molecular complexity index is 731. The van der Waals surface area contributed by atoms with E-state index in [1.807, 2.05) is 0 Å². The molecule has 1 aliphatic rings. The van der Waals surface area contributed by atoms with E-state index >= 15 is 0 Å². The van der Waals surface area contributed by atoms with Crippen LogP contribution in [0.15, 0.2) is 0 Å². The van der Waals surface area contributed by atoms with Crippen molar-refractivity contribution in [1.29, 1.82) is 0 Å². The summed E-state index contributed by atoms with van der Waals surface area (Å²) in [5.41, 5.74) is 0. The minimum Gasteiger partial charge on any atom is -0.347 e. The molecular formula is C48H97NO2. The first kappa shape index (κ1) is 48.9. The van der Waals surface area contributed by atoms with Gasteiger partial charge in [0.25, 0.3) is 0 Å². The van der Waals surface area contributed by atoms with Crippen LogP contribution in [-0.4, -0.2) is 44.0 Å². The van der Waals surface area contributed by atoms with Gasteiger partial charge in [-0.3, -0.25) is 0 Å². The molecule has 0 aliphatic carbocycles. The summed E-state index contributed by atoms with van der Waals surface area (Å²) in [4.78, 5) is 2.29. The number of hydrogen-bond acceptors (Lipinski definition) is 3. The first-order valence-electron chi connectivity index (χ1n) is 23.2. The first-order chi connectivity index (χ1) is 24.2. The van der Waals surface area contributed by atoms with Crippen LogP contribution in [0.2, 0.25) is 0 Å². The highest BCUT2D eigenvalue weighted by molar-refractivity contribution is 4.81. The van der Waals surface area contributed by atoms with E-state index in [-0.39, 0.29) is 11.9 Å². The third-order valence-electron chi connectivity index (χ3n) is 12.6. The van der Waals surface area contributed by atoms with Gasteiger partial charge in [0.2, 0.25) is 0 Å². The van der Waals surface area contributed by atoms with Crippen molar-refractivity contribution in [3.63, 3.8) is 0 Å². The van der Waals surface area contributed by atoms with E-state index in [9.17, 15) is 0 Å². The summed E-state index contributed by atoms with van der Waals surface area (Å²) >= 11 is 0. The van der Waals surface area contributed by atoms with Crippen LogP contribution in [0.4, 0.5) is 0 Å². The molecule has 7 atom stereocenters. The van der Waals surface area contributed by atoms with E-state index in [1.54, 1.807) is 0 Å². The number of rotatable bonds is 34. The minimum absolute atomic E-state index is 0.271.